The molecule has 1 amide bonds. The van der Waals surface area contributed by atoms with E-state index >= 15 is 0 Å². The maximum Gasteiger partial charge on any atom is 0.256 e. The fourth-order valence-corrected chi connectivity index (χ4v) is 2.73. The minimum absolute atomic E-state index is 0.0539. The van der Waals surface area contributed by atoms with Crippen LogP contribution in [0.5, 0.6) is 0 Å². The fraction of sp³-hybridized carbons (Fsp3) is 0.312. The Hall–Kier alpha value is -2.21. The Morgan fingerprint density at radius 3 is 2.61 bits per heavy atom. The molecule has 1 saturated heterocycles. The molecule has 0 saturated carbocycles. The number of nitrogens with zero attached hydrogens (tertiary/aromatic N) is 4. The molecule has 1 aromatic carbocycles. The van der Waals surface area contributed by atoms with Gasteiger partial charge in [0.2, 0.25) is 0 Å². The number of carbonyl (C=O) groups is 1. The summed E-state index contributed by atoms with van der Waals surface area (Å²) in [4.78, 5) is 24.7. The predicted molar refractivity (Wildman–Crippen MR) is 86.3 cm³/mol. The third-order valence-corrected chi connectivity index (χ3v) is 4.03. The van der Waals surface area contributed by atoms with Gasteiger partial charge < -0.3 is 9.80 Å². The van der Waals surface area contributed by atoms with Crippen molar-refractivity contribution < 1.29 is 9.18 Å². The lowest BCUT2D eigenvalue weighted by molar-refractivity contribution is 0.0742. The highest BCUT2D eigenvalue weighted by molar-refractivity contribution is 6.30. The summed E-state index contributed by atoms with van der Waals surface area (Å²) in [6.07, 6.45) is 3.41. The molecular weight excluding hydrogens is 319 g/mol. The maximum atomic E-state index is 13.9. The second kappa shape index (κ2) is 6.50. The summed E-state index contributed by atoms with van der Waals surface area (Å²) in [5.74, 6) is -0.0987. The highest BCUT2D eigenvalue weighted by atomic mass is 35.5. The summed E-state index contributed by atoms with van der Waals surface area (Å²) in [7, 11) is 0. The van der Waals surface area contributed by atoms with Gasteiger partial charge >= 0.3 is 0 Å². The van der Waals surface area contributed by atoms with Crippen LogP contribution in [0.25, 0.3) is 0 Å². The van der Waals surface area contributed by atoms with Gasteiger partial charge in [-0.05, 0) is 25.1 Å². The minimum atomic E-state index is -0.588. The number of rotatable bonds is 2. The van der Waals surface area contributed by atoms with E-state index in [4.69, 9.17) is 11.6 Å². The predicted octanol–water partition coefficient (Wildman–Crippen LogP) is 2.54. The van der Waals surface area contributed by atoms with Gasteiger partial charge in [0.05, 0.1) is 17.5 Å². The van der Waals surface area contributed by atoms with Crippen molar-refractivity contribution in [2.24, 2.45) is 0 Å². The van der Waals surface area contributed by atoms with Crippen molar-refractivity contribution >= 4 is 23.3 Å². The first-order chi connectivity index (χ1) is 11.0. The van der Waals surface area contributed by atoms with Crippen LogP contribution < -0.4 is 4.90 Å². The Kier molecular flexibility index (Phi) is 4.43. The number of hydrogen-bond acceptors (Lipinski definition) is 4. The van der Waals surface area contributed by atoms with Gasteiger partial charge in [-0.3, -0.25) is 9.78 Å². The molecule has 7 heteroatoms. The highest BCUT2D eigenvalue weighted by Gasteiger charge is 2.24. The van der Waals surface area contributed by atoms with Gasteiger partial charge in [0.25, 0.3) is 5.91 Å². The summed E-state index contributed by atoms with van der Waals surface area (Å²) in [5.41, 5.74) is 0.905. The number of aromatic nitrogens is 2. The quantitative estimate of drug-likeness (QED) is 0.847. The van der Waals surface area contributed by atoms with Crippen molar-refractivity contribution in [2.75, 3.05) is 31.1 Å². The molecule has 120 valence electrons. The molecule has 23 heavy (non-hydrogen) atoms. The summed E-state index contributed by atoms with van der Waals surface area (Å²) in [6.45, 7) is 4.19. The number of carbonyl (C=O) groups excluding carboxylic acids is 1. The number of aryl methyl sites for hydroxylation is 1. The minimum Gasteiger partial charge on any atom is -0.352 e. The Morgan fingerprint density at radius 1 is 1.22 bits per heavy atom. The molecule has 5 nitrogen and oxygen atoms in total. The number of benzene rings is 1. The fourth-order valence-electron chi connectivity index (χ4n) is 2.57. The molecule has 1 aromatic heterocycles. The van der Waals surface area contributed by atoms with E-state index in [1.165, 1.54) is 12.1 Å². The van der Waals surface area contributed by atoms with Gasteiger partial charge in [-0.1, -0.05) is 11.6 Å². The zero-order valence-electron chi connectivity index (χ0n) is 12.7. The maximum absolute atomic E-state index is 13.9. The van der Waals surface area contributed by atoms with Crippen LogP contribution in [-0.4, -0.2) is 47.0 Å². The van der Waals surface area contributed by atoms with Crippen molar-refractivity contribution in [3.63, 3.8) is 0 Å². The average Bonchev–Trinajstić information content (AvgIpc) is 2.54. The Morgan fingerprint density at radius 2 is 1.96 bits per heavy atom. The molecule has 1 aliphatic rings. The summed E-state index contributed by atoms with van der Waals surface area (Å²) in [6, 6.07) is 4.11. The molecule has 1 fully saturated rings. The highest BCUT2D eigenvalue weighted by Crippen LogP contribution is 2.18. The zero-order chi connectivity index (χ0) is 16.4. The first-order valence-electron chi connectivity index (χ1n) is 7.32. The van der Waals surface area contributed by atoms with Gasteiger partial charge in [-0.25, -0.2) is 9.37 Å². The standard InChI is InChI=1S/C16H16ClFN4O/c1-11-9-19-10-15(20-11)21-4-6-22(7-5-21)16(23)13-3-2-12(17)8-14(13)18/h2-3,8-10H,4-7H2,1H3. The monoisotopic (exact) mass is 334 g/mol. The lowest BCUT2D eigenvalue weighted by Crippen LogP contribution is -2.49. The van der Waals surface area contributed by atoms with Crippen LogP contribution in [0.4, 0.5) is 10.2 Å². The topological polar surface area (TPSA) is 49.3 Å². The molecule has 0 spiro atoms. The number of amides is 1. The zero-order valence-corrected chi connectivity index (χ0v) is 13.4. The van der Waals surface area contributed by atoms with Crippen LogP contribution in [0.1, 0.15) is 16.1 Å². The van der Waals surface area contributed by atoms with E-state index < -0.39 is 5.82 Å². The van der Waals surface area contributed by atoms with Crippen LogP contribution in [0.3, 0.4) is 0 Å². The molecule has 0 bridgehead atoms. The summed E-state index contributed by atoms with van der Waals surface area (Å²) >= 11 is 5.72. The molecule has 0 radical (unpaired) electrons. The van der Waals surface area contributed by atoms with E-state index in [1.54, 1.807) is 17.3 Å². The van der Waals surface area contributed by atoms with E-state index in [0.29, 0.717) is 26.2 Å². The van der Waals surface area contributed by atoms with Crippen LogP contribution in [0.15, 0.2) is 30.6 Å². The van der Waals surface area contributed by atoms with E-state index in [-0.39, 0.29) is 16.5 Å². The molecule has 3 rings (SSSR count). The first-order valence-corrected chi connectivity index (χ1v) is 7.70. The largest absolute Gasteiger partial charge is 0.352 e. The van der Waals surface area contributed by atoms with E-state index in [2.05, 4.69) is 14.9 Å². The van der Waals surface area contributed by atoms with E-state index in [0.717, 1.165) is 17.6 Å². The first kappa shape index (κ1) is 15.7. The van der Waals surface area contributed by atoms with Gasteiger partial charge in [-0.2, -0.15) is 0 Å². The van der Waals surface area contributed by atoms with Crippen molar-refractivity contribution in [1.82, 2.24) is 14.9 Å². The summed E-state index contributed by atoms with van der Waals surface area (Å²) in [5, 5.41) is 0.280. The lowest BCUT2D eigenvalue weighted by Gasteiger charge is -2.35. The third-order valence-electron chi connectivity index (χ3n) is 3.79. The molecular formula is C16H16ClFN4O. The molecule has 2 heterocycles. The average molecular weight is 335 g/mol. The second-order valence-corrected chi connectivity index (χ2v) is 5.86. The van der Waals surface area contributed by atoms with Crippen LogP contribution in [0, 0.1) is 12.7 Å². The van der Waals surface area contributed by atoms with Crippen molar-refractivity contribution in [3.05, 3.63) is 52.7 Å². The normalized spacial score (nSPS) is 14.9. The van der Waals surface area contributed by atoms with Crippen LogP contribution in [-0.2, 0) is 0 Å². The Balaban J connectivity index is 1.68. The number of anilines is 1. The lowest BCUT2D eigenvalue weighted by atomic mass is 10.1. The number of hydrogen-bond donors (Lipinski definition) is 0. The van der Waals surface area contributed by atoms with E-state index in [9.17, 15) is 9.18 Å². The second-order valence-electron chi connectivity index (χ2n) is 5.42. The van der Waals surface area contributed by atoms with Crippen LogP contribution >= 0.6 is 11.6 Å². The van der Waals surface area contributed by atoms with Gasteiger partial charge in [0, 0.05) is 37.4 Å². The smallest absolute Gasteiger partial charge is 0.256 e. The molecule has 0 N–H and O–H groups in total. The van der Waals surface area contributed by atoms with Crippen molar-refractivity contribution in [3.8, 4) is 0 Å². The van der Waals surface area contributed by atoms with Gasteiger partial charge in [0.15, 0.2) is 0 Å². The molecule has 1 aliphatic heterocycles. The Labute approximate surface area is 138 Å². The van der Waals surface area contributed by atoms with Crippen molar-refractivity contribution in [2.45, 2.75) is 6.92 Å². The molecule has 0 unspecified atom stereocenters. The van der Waals surface area contributed by atoms with E-state index in [1.807, 2.05) is 6.92 Å². The molecule has 2 aromatic rings. The van der Waals surface area contributed by atoms with Gasteiger partial charge in [-0.15, -0.1) is 0 Å². The Bertz CT molecular complexity index is 732. The molecule has 0 aliphatic carbocycles. The number of piperazine rings is 1. The van der Waals surface area contributed by atoms with Gasteiger partial charge in [0.1, 0.15) is 11.6 Å². The molecule has 0 atom stereocenters. The number of halogens is 2. The van der Waals surface area contributed by atoms with Crippen molar-refractivity contribution in [1.29, 1.82) is 0 Å². The van der Waals surface area contributed by atoms with Crippen LogP contribution in [0.2, 0.25) is 5.02 Å². The third kappa shape index (κ3) is 3.42. The SMILES string of the molecule is Cc1cncc(N2CCN(C(=O)c3ccc(Cl)cc3F)CC2)n1. The summed E-state index contributed by atoms with van der Waals surface area (Å²) < 4.78 is 13.9.